The van der Waals surface area contributed by atoms with Crippen LogP contribution in [0.3, 0.4) is 0 Å². The Hall–Kier alpha value is -2.16. The van der Waals surface area contributed by atoms with Gasteiger partial charge in [-0.15, -0.1) is 0 Å². The Labute approximate surface area is 106 Å². The number of pyridine rings is 1. The summed E-state index contributed by atoms with van der Waals surface area (Å²) in [4.78, 5) is 15.0. The number of hydrogen-bond acceptors (Lipinski definition) is 2. The third-order valence-electron chi connectivity index (χ3n) is 2.84. The molecule has 1 aromatic carbocycles. The van der Waals surface area contributed by atoms with E-state index in [1.165, 1.54) is 11.6 Å². The molecule has 3 heteroatoms. The molecule has 0 aliphatic heterocycles. The van der Waals surface area contributed by atoms with E-state index in [-0.39, 0.29) is 5.69 Å². The van der Waals surface area contributed by atoms with Gasteiger partial charge >= 0.3 is 5.97 Å². The van der Waals surface area contributed by atoms with E-state index < -0.39 is 5.97 Å². The number of carboxylic acids is 1. The molecule has 3 nitrogen and oxygen atoms in total. The first-order valence-corrected chi connectivity index (χ1v) is 5.88. The summed E-state index contributed by atoms with van der Waals surface area (Å²) >= 11 is 0. The van der Waals surface area contributed by atoms with Gasteiger partial charge in [0.05, 0.1) is 5.69 Å². The second-order valence-corrected chi connectivity index (χ2v) is 4.49. The first-order valence-electron chi connectivity index (χ1n) is 5.88. The summed E-state index contributed by atoms with van der Waals surface area (Å²) < 4.78 is 0. The molecule has 0 spiro atoms. The smallest absolute Gasteiger partial charge is 0.354 e. The fourth-order valence-corrected chi connectivity index (χ4v) is 1.75. The summed E-state index contributed by atoms with van der Waals surface area (Å²) in [5, 5.41) is 8.91. The number of hydrogen-bond donors (Lipinski definition) is 1. The molecular weight excluding hydrogens is 226 g/mol. The van der Waals surface area contributed by atoms with E-state index in [0.717, 1.165) is 5.56 Å². The van der Waals surface area contributed by atoms with Crippen molar-refractivity contribution in [3.63, 3.8) is 0 Å². The summed E-state index contributed by atoms with van der Waals surface area (Å²) in [5.74, 6) is -0.520. The van der Waals surface area contributed by atoms with Gasteiger partial charge in [-0.25, -0.2) is 9.78 Å². The molecule has 0 unspecified atom stereocenters. The molecule has 1 heterocycles. The molecule has 1 aromatic heterocycles. The SMILES string of the molecule is CC(C)c1ccc(-c2cccc(C(=O)O)n2)cc1. The van der Waals surface area contributed by atoms with Crippen LogP contribution in [-0.4, -0.2) is 16.1 Å². The number of carboxylic acid groups (broad SMARTS) is 1. The molecular formula is C15H15NO2. The third kappa shape index (κ3) is 2.56. The summed E-state index contributed by atoms with van der Waals surface area (Å²) in [6.45, 7) is 4.27. The topological polar surface area (TPSA) is 50.2 Å². The monoisotopic (exact) mass is 241 g/mol. The predicted molar refractivity (Wildman–Crippen MR) is 70.7 cm³/mol. The van der Waals surface area contributed by atoms with Crippen molar-refractivity contribution in [3.8, 4) is 11.3 Å². The van der Waals surface area contributed by atoms with Crippen molar-refractivity contribution in [2.75, 3.05) is 0 Å². The highest BCUT2D eigenvalue weighted by atomic mass is 16.4. The van der Waals surface area contributed by atoms with Gasteiger partial charge in [0.1, 0.15) is 5.69 Å². The molecule has 18 heavy (non-hydrogen) atoms. The fourth-order valence-electron chi connectivity index (χ4n) is 1.75. The zero-order valence-corrected chi connectivity index (χ0v) is 10.4. The van der Waals surface area contributed by atoms with E-state index in [1.807, 2.05) is 18.2 Å². The van der Waals surface area contributed by atoms with E-state index in [0.29, 0.717) is 11.6 Å². The van der Waals surface area contributed by atoms with Crippen molar-refractivity contribution in [3.05, 3.63) is 53.7 Å². The normalized spacial score (nSPS) is 10.6. The highest BCUT2D eigenvalue weighted by Crippen LogP contribution is 2.21. The molecule has 0 aliphatic carbocycles. The lowest BCUT2D eigenvalue weighted by molar-refractivity contribution is 0.0690. The van der Waals surface area contributed by atoms with Gasteiger partial charge in [-0.3, -0.25) is 0 Å². The molecule has 0 amide bonds. The Morgan fingerprint density at radius 3 is 2.33 bits per heavy atom. The minimum absolute atomic E-state index is 0.0698. The molecule has 2 aromatic rings. The lowest BCUT2D eigenvalue weighted by atomic mass is 10.0. The number of benzene rings is 1. The Morgan fingerprint density at radius 2 is 1.78 bits per heavy atom. The van der Waals surface area contributed by atoms with Crippen LogP contribution in [0.2, 0.25) is 0 Å². The van der Waals surface area contributed by atoms with Crippen LogP contribution in [0.1, 0.15) is 35.8 Å². The minimum Gasteiger partial charge on any atom is -0.477 e. The maximum Gasteiger partial charge on any atom is 0.354 e. The van der Waals surface area contributed by atoms with Gasteiger partial charge in [0.15, 0.2) is 0 Å². The van der Waals surface area contributed by atoms with E-state index in [1.54, 1.807) is 6.07 Å². The fraction of sp³-hybridized carbons (Fsp3) is 0.200. The molecule has 0 bridgehead atoms. The van der Waals surface area contributed by atoms with Crippen molar-refractivity contribution in [1.82, 2.24) is 4.98 Å². The highest BCUT2D eigenvalue weighted by Gasteiger charge is 2.07. The van der Waals surface area contributed by atoms with Gasteiger partial charge < -0.3 is 5.11 Å². The first kappa shape index (κ1) is 12.3. The van der Waals surface area contributed by atoms with Gasteiger partial charge in [-0.2, -0.15) is 0 Å². The predicted octanol–water partition coefficient (Wildman–Crippen LogP) is 3.57. The quantitative estimate of drug-likeness (QED) is 0.893. The lowest BCUT2D eigenvalue weighted by Crippen LogP contribution is -2.00. The van der Waals surface area contributed by atoms with E-state index in [9.17, 15) is 4.79 Å². The molecule has 92 valence electrons. The van der Waals surface area contributed by atoms with Crippen LogP contribution in [-0.2, 0) is 0 Å². The van der Waals surface area contributed by atoms with Crippen LogP contribution < -0.4 is 0 Å². The number of carbonyl (C=O) groups is 1. The lowest BCUT2D eigenvalue weighted by Gasteiger charge is -2.07. The maximum absolute atomic E-state index is 10.9. The molecule has 1 N–H and O–H groups in total. The Morgan fingerprint density at radius 1 is 1.11 bits per heavy atom. The minimum atomic E-state index is -1.00. The van der Waals surface area contributed by atoms with Crippen molar-refractivity contribution in [2.45, 2.75) is 19.8 Å². The van der Waals surface area contributed by atoms with Crippen LogP contribution in [0.4, 0.5) is 0 Å². The number of nitrogens with zero attached hydrogens (tertiary/aromatic N) is 1. The van der Waals surface area contributed by atoms with Gasteiger partial charge in [0.25, 0.3) is 0 Å². The molecule has 2 rings (SSSR count). The first-order chi connectivity index (χ1) is 8.58. The third-order valence-corrected chi connectivity index (χ3v) is 2.84. The van der Waals surface area contributed by atoms with Gasteiger partial charge in [-0.05, 0) is 23.6 Å². The van der Waals surface area contributed by atoms with Crippen LogP contribution in [0.5, 0.6) is 0 Å². The van der Waals surface area contributed by atoms with Gasteiger partial charge in [0.2, 0.25) is 0 Å². The molecule has 0 saturated carbocycles. The maximum atomic E-state index is 10.9. The van der Waals surface area contributed by atoms with E-state index in [4.69, 9.17) is 5.11 Å². The average Bonchev–Trinajstić information content (AvgIpc) is 2.39. The van der Waals surface area contributed by atoms with E-state index >= 15 is 0 Å². The molecule has 0 fully saturated rings. The zero-order valence-electron chi connectivity index (χ0n) is 10.4. The number of aromatic nitrogens is 1. The summed E-state index contributed by atoms with van der Waals surface area (Å²) in [7, 11) is 0. The zero-order chi connectivity index (χ0) is 13.1. The number of rotatable bonds is 3. The van der Waals surface area contributed by atoms with Crippen LogP contribution >= 0.6 is 0 Å². The van der Waals surface area contributed by atoms with E-state index in [2.05, 4.69) is 31.0 Å². The van der Waals surface area contributed by atoms with Crippen LogP contribution in [0.25, 0.3) is 11.3 Å². The molecule has 0 atom stereocenters. The Bertz CT molecular complexity index is 559. The second kappa shape index (κ2) is 5.00. The highest BCUT2D eigenvalue weighted by molar-refractivity contribution is 5.86. The largest absolute Gasteiger partial charge is 0.477 e. The van der Waals surface area contributed by atoms with Crippen LogP contribution in [0, 0.1) is 0 Å². The number of aromatic carboxylic acids is 1. The summed E-state index contributed by atoms with van der Waals surface area (Å²) in [6.07, 6.45) is 0. The summed E-state index contributed by atoms with van der Waals surface area (Å²) in [5.41, 5.74) is 2.95. The molecule has 0 aliphatic rings. The van der Waals surface area contributed by atoms with Crippen molar-refractivity contribution in [2.24, 2.45) is 0 Å². The second-order valence-electron chi connectivity index (χ2n) is 4.49. The Kier molecular flexibility index (Phi) is 3.42. The standard InChI is InChI=1S/C15H15NO2/c1-10(2)11-6-8-12(9-7-11)13-4-3-5-14(16-13)15(17)18/h3-10H,1-2H3,(H,17,18). The molecule has 0 saturated heterocycles. The summed E-state index contributed by atoms with van der Waals surface area (Å²) in [6, 6.07) is 13.1. The Balaban J connectivity index is 2.36. The van der Waals surface area contributed by atoms with Crippen LogP contribution in [0.15, 0.2) is 42.5 Å². The van der Waals surface area contributed by atoms with Crippen molar-refractivity contribution in [1.29, 1.82) is 0 Å². The van der Waals surface area contributed by atoms with Gasteiger partial charge in [-0.1, -0.05) is 44.2 Å². The van der Waals surface area contributed by atoms with Crippen molar-refractivity contribution < 1.29 is 9.90 Å². The average molecular weight is 241 g/mol. The van der Waals surface area contributed by atoms with Crippen molar-refractivity contribution >= 4 is 5.97 Å². The molecule has 0 radical (unpaired) electrons. The van der Waals surface area contributed by atoms with Gasteiger partial charge in [0, 0.05) is 5.56 Å².